The topological polar surface area (TPSA) is 111 Å². The number of rotatable bonds is 7. The molecule has 1 heterocycles. The lowest BCUT2D eigenvalue weighted by atomic mass is 9.99. The quantitative estimate of drug-likeness (QED) is 0.465. The fourth-order valence-electron chi connectivity index (χ4n) is 3.90. The molecule has 2 aromatic carbocycles. The molecule has 0 saturated carbocycles. The molecule has 0 aliphatic carbocycles. The number of thioether (sulfide) groups is 1. The molecule has 3 unspecified atom stereocenters. The summed E-state index contributed by atoms with van der Waals surface area (Å²) in [4.78, 5) is 39.9. The van der Waals surface area contributed by atoms with E-state index in [9.17, 15) is 23.9 Å². The van der Waals surface area contributed by atoms with Gasteiger partial charge >= 0.3 is 6.03 Å². The van der Waals surface area contributed by atoms with E-state index in [-0.39, 0.29) is 17.5 Å². The van der Waals surface area contributed by atoms with E-state index in [0.717, 1.165) is 17.2 Å². The van der Waals surface area contributed by atoms with Crippen molar-refractivity contribution in [3.63, 3.8) is 0 Å². The van der Waals surface area contributed by atoms with Gasteiger partial charge in [0.05, 0.1) is 11.9 Å². The highest BCUT2D eigenvalue weighted by molar-refractivity contribution is 8.00. The van der Waals surface area contributed by atoms with E-state index in [1.165, 1.54) is 41.8 Å². The Balaban J connectivity index is 1.63. The zero-order valence-electron chi connectivity index (χ0n) is 20.2. The zero-order valence-corrected chi connectivity index (χ0v) is 21.0. The predicted octanol–water partition coefficient (Wildman–Crippen LogP) is 3.00. The van der Waals surface area contributed by atoms with Crippen molar-refractivity contribution in [2.75, 3.05) is 11.2 Å². The Morgan fingerprint density at radius 3 is 2.60 bits per heavy atom. The van der Waals surface area contributed by atoms with Crippen LogP contribution >= 0.6 is 11.8 Å². The average molecular weight is 503 g/mol. The van der Waals surface area contributed by atoms with E-state index >= 15 is 0 Å². The summed E-state index contributed by atoms with van der Waals surface area (Å²) in [7, 11) is 0. The van der Waals surface area contributed by atoms with E-state index in [1.807, 2.05) is 45.0 Å². The third kappa shape index (κ3) is 6.52. The second kappa shape index (κ2) is 11.1. The minimum Gasteiger partial charge on any atom is -0.381 e. The van der Waals surface area contributed by atoms with E-state index in [4.69, 9.17) is 0 Å². The molecule has 8 nitrogen and oxygen atoms in total. The van der Waals surface area contributed by atoms with Crippen molar-refractivity contribution in [3.8, 4) is 0 Å². The minimum absolute atomic E-state index is 0.230. The molecule has 1 aliphatic heterocycles. The third-order valence-electron chi connectivity index (χ3n) is 5.96. The first kappa shape index (κ1) is 26.5. The molecule has 2 aromatic rings. The second-order valence-electron chi connectivity index (χ2n) is 9.07. The second-order valence-corrected chi connectivity index (χ2v) is 10.7. The summed E-state index contributed by atoms with van der Waals surface area (Å²) in [5.74, 6) is -1.24. The first-order chi connectivity index (χ1) is 16.5. The molecular formula is C25H31FN4O4S. The first-order valence-corrected chi connectivity index (χ1v) is 12.3. The number of nitrogens with zero attached hydrogens (tertiary/aromatic N) is 1. The van der Waals surface area contributed by atoms with Crippen LogP contribution in [0.5, 0.6) is 0 Å². The summed E-state index contributed by atoms with van der Waals surface area (Å²) in [6.07, 6.45) is -1.57. The van der Waals surface area contributed by atoms with Gasteiger partial charge in [-0.15, -0.1) is 11.8 Å². The predicted molar refractivity (Wildman–Crippen MR) is 134 cm³/mol. The Morgan fingerprint density at radius 1 is 1.20 bits per heavy atom. The normalized spacial score (nSPS) is 18.5. The summed E-state index contributed by atoms with van der Waals surface area (Å²) >= 11 is 1.44. The number of carbonyl (C=O) groups is 3. The molecule has 3 atom stereocenters. The number of anilines is 1. The van der Waals surface area contributed by atoms with Crippen LogP contribution in [0.3, 0.4) is 0 Å². The summed E-state index contributed by atoms with van der Waals surface area (Å²) in [5.41, 5.74) is 2.26. The maximum atomic E-state index is 13.3. The fourth-order valence-corrected chi connectivity index (χ4v) is 5.04. The van der Waals surface area contributed by atoms with Gasteiger partial charge in [0.1, 0.15) is 11.9 Å². The van der Waals surface area contributed by atoms with Crippen molar-refractivity contribution in [2.45, 2.75) is 57.2 Å². The summed E-state index contributed by atoms with van der Waals surface area (Å²) < 4.78 is 12.8. The van der Waals surface area contributed by atoms with Crippen LogP contribution in [0.1, 0.15) is 31.9 Å². The molecule has 188 valence electrons. The van der Waals surface area contributed by atoms with Gasteiger partial charge in [-0.05, 0) is 57.0 Å². The molecule has 1 saturated heterocycles. The Hall–Kier alpha value is -3.11. The lowest BCUT2D eigenvalue weighted by molar-refractivity contribution is -0.147. The highest BCUT2D eigenvalue weighted by Gasteiger charge is 2.49. The van der Waals surface area contributed by atoms with Crippen LogP contribution in [0, 0.1) is 12.7 Å². The highest BCUT2D eigenvalue weighted by Crippen LogP contribution is 2.39. The van der Waals surface area contributed by atoms with Crippen molar-refractivity contribution in [1.82, 2.24) is 15.5 Å². The number of benzene rings is 2. The number of aryl methyl sites for hydroxylation is 1. The SMILES string of the molecule is Cc1ccccc1CNC(=O)C1N(C(=O)C(O)C(C)NC(=O)Nc2cccc(F)c2)CSC1(C)C. The highest BCUT2D eigenvalue weighted by atomic mass is 32.2. The number of aliphatic hydroxyl groups is 1. The zero-order chi connectivity index (χ0) is 25.8. The number of aliphatic hydroxyl groups excluding tert-OH is 1. The number of carbonyl (C=O) groups excluding carboxylic acids is 3. The molecule has 0 radical (unpaired) electrons. The molecule has 4 amide bonds. The van der Waals surface area contributed by atoms with Crippen molar-refractivity contribution in [2.24, 2.45) is 0 Å². The van der Waals surface area contributed by atoms with Crippen molar-refractivity contribution >= 4 is 35.3 Å². The largest absolute Gasteiger partial charge is 0.381 e. The van der Waals surface area contributed by atoms with Crippen LogP contribution in [0.25, 0.3) is 0 Å². The Kier molecular flexibility index (Phi) is 8.39. The molecule has 0 bridgehead atoms. The van der Waals surface area contributed by atoms with Crippen LogP contribution < -0.4 is 16.0 Å². The number of nitrogens with one attached hydrogen (secondary N) is 3. The molecule has 10 heteroatoms. The summed E-state index contributed by atoms with van der Waals surface area (Å²) in [6.45, 7) is 7.52. The van der Waals surface area contributed by atoms with Crippen molar-refractivity contribution in [3.05, 3.63) is 65.5 Å². The number of hydrogen-bond donors (Lipinski definition) is 4. The smallest absolute Gasteiger partial charge is 0.319 e. The summed E-state index contributed by atoms with van der Waals surface area (Å²) in [5, 5.41) is 18.6. The number of urea groups is 1. The maximum absolute atomic E-state index is 13.3. The van der Waals surface area contributed by atoms with Gasteiger partial charge < -0.3 is 26.0 Å². The van der Waals surface area contributed by atoms with Gasteiger partial charge in [0.2, 0.25) is 5.91 Å². The van der Waals surface area contributed by atoms with E-state index in [2.05, 4.69) is 16.0 Å². The lowest BCUT2D eigenvalue weighted by Gasteiger charge is -2.32. The molecule has 4 N–H and O–H groups in total. The Bertz CT molecular complexity index is 1100. The van der Waals surface area contributed by atoms with Gasteiger partial charge in [0, 0.05) is 17.0 Å². The number of hydrogen-bond acceptors (Lipinski definition) is 5. The van der Waals surface area contributed by atoms with Gasteiger partial charge in [0.15, 0.2) is 6.10 Å². The third-order valence-corrected chi connectivity index (χ3v) is 7.33. The molecule has 35 heavy (non-hydrogen) atoms. The van der Waals surface area contributed by atoms with Gasteiger partial charge in [-0.2, -0.15) is 0 Å². The van der Waals surface area contributed by atoms with Gasteiger partial charge in [-0.3, -0.25) is 9.59 Å². The van der Waals surface area contributed by atoms with Crippen LogP contribution in [0.15, 0.2) is 48.5 Å². The van der Waals surface area contributed by atoms with Gasteiger partial charge in [-0.25, -0.2) is 9.18 Å². The average Bonchev–Trinajstić information content (AvgIpc) is 3.12. The molecule has 0 spiro atoms. The van der Waals surface area contributed by atoms with Crippen LogP contribution in [0.2, 0.25) is 0 Å². The molecule has 0 aromatic heterocycles. The van der Waals surface area contributed by atoms with Gasteiger partial charge in [-0.1, -0.05) is 30.3 Å². The van der Waals surface area contributed by atoms with Crippen LogP contribution in [-0.4, -0.2) is 56.7 Å². The fraction of sp³-hybridized carbons (Fsp3) is 0.400. The van der Waals surface area contributed by atoms with E-state index < -0.39 is 40.7 Å². The maximum Gasteiger partial charge on any atom is 0.319 e. The Morgan fingerprint density at radius 2 is 1.91 bits per heavy atom. The minimum atomic E-state index is -1.57. The summed E-state index contributed by atoms with van der Waals surface area (Å²) in [6, 6.07) is 10.6. The number of amides is 4. The molecule has 1 fully saturated rings. The number of halogens is 1. The van der Waals surface area contributed by atoms with Crippen LogP contribution in [-0.2, 0) is 16.1 Å². The molecular weight excluding hydrogens is 471 g/mol. The monoisotopic (exact) mass is 502 g/mol. The molecule has 3 rings (SSSR count). The Labute approximate surface area is 208 Å². The van der Waals surface area contributed by atoms with Gasteiger partial charge in [0.25, 0.3) is 5.91 Å². The van der Waals surface area contributed by atoms with Crippen LogP contribution in [0.4, 0.5) is 14.9 Å². The van der Waals surface area contributed by atoms with Crippen molar-refractivity contribution < 1.29 is 23.9 Å². The van der Waals surface area contributed by atoms with E-state index in [1.54, 1.807) is 0 Å². The lowest BCUT2D eigenvalue weighted by Crippen LogP contribution is -2.58. The van der Waals surface area contributed by atoms with E-state index in [0.29, 0.717) is 6.54 Å². The first-order valence-electron chi connectivity index (χ1n) is 11.3. The molecule has 1 aliphatic rings. The standard InChI is InChI=1S/C25H31FN4O4S/c1-15-8-5-6-9-17(15)13-27-22(32)21-25(3,4)35-14-30(21)23(33)20(31)16(2)28-24(34)29-19-11-7-10-18(26)12-19/h5-12,16,20-21,31H,13-14H2,1-4H3,(H,27,32)(H2,28,29,34). The van der Waals surface area contributed by atoms with Crippen molar-refractivity contribution in [1.29, 1.82) is 0 Å².